The van der Waals surface area contributed by atoms with E-state index in [-0.39, 0.29) is 23.7 Å². The second kappa shape index (κ2) is 7.64. The molecule has 3 aliphatic rings. The number of Topliss-reactive ketones (excluding diaryl/α,β-unsaturated/α-hetero) is 1. The van der Waals surface area contributed by atoms with Crippen molar-refractivity contribution < 1.29 is 9.59 Å². The van der Waals surface area contributed by atoms with Crippen LogP contribution in [-0.2, 0) is 15.0 Å². The van der Waals surface area contributed by atoms with E-state index in [1.807, 2.05) is 38.1 Å². The van der Waals surface area contributed by atoms with Crippen LogP contribution in [0.5, 0.6) is 0 Å². The molecule has 0 aromatic heterocycles. The Morgan fingerprint density at radius 1 is 1.12 bits per heavy atom. The zero-order valence-electron chi connectivity index (χ0n) is 19.2. The SMILES string of the molecule is C#CCN1C(=O)[C@@]2(C(C#N)=C(N)N(c3cc(C)cc(C)c3)C3=C2C(=O)CCC3)c2ccccc21. The zero-order valence-corrected chi connectivity index (χ0v) is 19.2. The molecular formula is C28H24N4O2. The first-order chi connectivity index (χ1) is 16.4. The van der Waals surface area contributed by atoms with Crippen molar-refractivity contribution in [2.75, 3.05) is 16.3 Å². The fourth-order valence-corrected chi connectivity index (χ4v) is 5.75. The summed E-state index contributed by atoms with van der Waals surface area (Å²) in [7, 11) is 0. The summed E-state index contributed by atoms with van der Waals surface area (Å²) in [6.45, 7) is 4.01. The number of terminal acetylenes is 1. The Hall–Kier alpha value is -4.29. The Morgan fingerprint density at radius 3 is 2.50 bits per heavy atom. The summed E-state index contributed by atoms with van der Waals surface area (Å²) in [4.78, 5) is 31.1. The minimum Gasteiger partial charge on any atom is -0.384 e. The summed E-state index contributed by atoms with van der Waals surface area (Å²) in [6, 6.07) is 15.5. The van der Waals surface area contributed by atoms with Crippen LogP contribution in [0, 0.1) is 37.5 Å². The lowest BCUT2D eigenvalue weighted by molar-refractivity contribution is -0.124. The number of allylic oxidation sites excluding steroid dienone is 1. The van der Waals surface area contributed by atoms with Crippen LogP contribution in [0.25, 0.3) is 0 Å². The highest BCUT2D eigenvalue weighted by atomic mass is 16.2. The minimum absolute atomic E-state index is 0.0355. The molecule has 2 aromatic carbocycles. The molecule has 2 N–H and O–H groups in total. The van der Waals surface area contributed by atoms with Crippen LogP contribution in [0.4, 0.5) is 11.4 Å². The lowest BCUT2D eigenvalue weighted by Crippen LogP contribution is -2.52. The maximum atomic E-state index is 14.2. The summed E-state index contributed by atoms with van der Waals surface area (Å²) in [5.74, 6) is 2.18. The molecule has 1 atom stereocenters. The fraction of sp³-hybridized carbons (Fsp3) is 0.250. The number of hydrogen-bond donors (Lipinski definition) is 1. The zero-order chi connectivity index (χ0) is 24.2. The Labute approximate surface area is 199 Å². The van der Waals surface area contributed by atoms with E-state index < -0.39 is 11.3 Å². The number of anilines is 2. The average Bonchev–Trinajstić information content (AvgIpc) is 3.03. The summed E-state index contributed by atoms with van der Waals surface area (Å²) < 4.78 is 0. The van der Waals surface area contributed by atoms with E-state index in [2.05, 4.69) is 18.1 Å². The van der Waals surface area contributed by atoms with Crippen LogP contribution in [0.2, 0.25) is 0 Å². The number of carbonyl (C=O) groups is 2. The molecule has 0 bridgehead atoms. The van der Waals surface area contributed by atoms with Gasteiger partial charge < -0.3 is 5.73 Å². The molecule has 1 amide bonds. The monoisotopic (exact) mass is 448 g/mol. The van der Waals surface area contributed by atoms with Gasteiger partial charge in [0.2, 0.25) is 5.91 Å². The van der Waals surface area contributed by atoms with Crippen LogP contribution in [0.15, 0.2) is 65.1 Å². The average molecular weight is 449 g/mol. The van der Waals surface area contributed by atoms with Gasteiger partial charge in [-0.15, -0.1) is 6.42 Å². The first-order valence-corrected chi connectivity index (χ1v) is 11.3. The van der Waals surface area contributed by atoms with Crippen molar-refractivity contribution in [1.82, 2.24) is 0 Å². The fourth-order valence-electron chi connectivity index (χ4n) is 5.75. The van der Waals surface area contributed by atoms with E-state index in [0.29, 0.717) is 41.8 Å². The standard InChI is InChI=1S/C28H24N4O2/c1-4-12-31-22-9-6-5-8-20(22)28(27(31)34)21(16-29)26(30)32(19-14-17(2)13-18(3)15-19)23-10-7-11-24(33)25(23)28/h1,5-6,8-9,13-15H,7,10-12,30H2,2-3H3/t28-/m1/s1. The molecule has 0 fully saturated rings. The normalized spacial score (nSPS) is 21.5. The van der Waals surface area contributed by atoms with Crippen molar-refractivity contribution in [3.63, 3.8) is 0 Å². The topological polar surface area (TPSA) is 90.4 Å². The molecule has 5 rings (SSSR count). The molecule has 0 radical (unpaired) electrons. The van der Waals surface area contributed by atoms with Gasteiger partial charge in [-0.1, -0.05) is 30.2 Å². The second-order valence-electron chi connectivity index (χ2n) is 9.01. The number of benzene rings is 2. The molecule has 1 spiro atoms. The Morgan fingerprint density at radius 2 is 1.82 bits per heavy atom. The predicted octanol–water partition coefficient (Wildman–Crippen LogP) is 3.74. The number of para-hydroxylation sites is 1. The van der Waals surface area contributed by atoms with Crippen molar-refractivity contribution in [2.24, 2.45) is 5.73 Å². The Bertz CT molecular complexity index is 1400. The van der Waals surface area contributed by atoms with Gasteiger partial charge in [0.15, 0.2) is 5.78 Å². The number of nitrogens with zero attached hydrogens (tertiary/aromatic N) is 3. The van der Waals surface area contributed by atoms with E-state index >= 15 is 0 Å². The van der Waals surface area contributed by atoms with Crippen molar-refractivity contribution in [2.45, 2.75) is 38.5 Å². The molecule has 0 saturated carbocycles. The number of nitriles is 1. The highest BCUT2D eigenvalue weighted by Crippen LogP contribution is 2.56. The third kappa shape index (κ3) is 2.69. The maximum absolute atomic E-state index is 14.2. The van der Waals surface area contributed by atoms with Crippen LogP contribution < -0.4 is 15.5 Å². The number of carbonyl (C=O) groups excluding carboxylic acids is 2. The number of aryl methyl sites for hydroxylation is 2. The number of fused-ring (bicyclic) bond motifs is 3. The first kappa shape index (κ1) is 21.6. The summed E-state index contributed by atoms with van der Waals surface area (Å²) in [5, 5.41) is 10.4. The van der Waals surface area contributed by atoms with Crippen molar-refractivity contribution in [1.29, 1.82) is 5.26 Å². The van der Waals surface area contributed by atoms with Gasteiger partial charge in [-0.05, 0) is 56.0 Å². The summed E-state index contributed by atoms with van der Waals surface area (Å²) in [5.41, 5.74) is 10.3. The van der Waals surface area contributed by atoms with Crippen LogP contribution >= 0.6 is 0 Å². The molecule has 34 heavy (non-hydrogen) atoms. The van der Waals surface area contributed by atoms with E-state index in [9.17, 15) is 14.9 Å². The quantitative estimate of drug-likeness (QED) is 0.707. The van der Waals surface area contributed by atoms with E-state index in [4.69, 9.17) is 12.2 Å². The molecule has 1 aliphatic carbocycles. The Balaban J connectivity index is 1.89. The van der Waals surface area contributed by atoms with Crippen LogP contribution in [-0.4, -0.2) is 18.2 Å². The summed E-state index contributed by atoms with van der Waals surface area (Å²) >= 11 is 0. The van der Waals surface area contributed by atoms with E-state index in [1.165, 1.54) is 4.90 Å². The second-order valence-corrected chi connectivity index (χ2v) is 9.01. The van der Waals surface area contributed by atoms with Gasteiger partial charge in [0, 0.05) is 34.6 Å². The molecule has 6 heteroatoms. The third-order valence-corrected chi connectivity index (χ3v) is 6.89. The molecule has 6 nitrogen and oxygen atoms in total. The van der Waals surface area contributed by atoms with Gasteiger partial charge in [-0.2, -0.15) is 5.26 Å². The first-order valence-electron chi connectivity index (χ1n) is 11.3. The van der Waals surface area contributed by atoms with E-state index in [0.717, 1.165) is 16.8 Å². The van der Waals surface area contributed by atoms with Gasteiger partial charge in [-0.3, -0.25) is 19.4 Å². The molecule has 0 unspecified atom stereocenters. The smallest absolute Gasteiger partial charge is 0.248 e. The van der Waals surface area contributed by atoms with Crippen molar-refractivity contribution >= 4 is 23.1 Å². The molecule has 168 valence electrons. The van der Waals surface area contributed by atoms with Crippen molar-refractivity contribution in [3.05, 3.63) is 81.8 Å². The highest BCUT2D eigenvalue weighted by Gasteiger charge is 2.62. The molecular weight excluding hydrogens is 424 g/mol. The van der Waals surface area contributed by atoms with Gasteiger partial charge in [-0.25, -0.2) is 0 Å². The molecule has 2 aromatic rings. The van der Waals surface area contributed by atoms with E-state index in [1.54, 1.807) is 17.0 Å². The number of amides is 1. The van der Waals surface area contributed by atoms with Gasteiger partial charge in [0.1, 0.15) is 17.3 Å². The van der Waals surface area contributed by atoms with Crippen LogP contribution in [0.3, 0.4) is 0 Å². The van der Waals surface area contributed by atoms with Crippen molar-refractivity contribution in [3.8, 4) is 18.4 Å². The molecule has 0 saturated heterocycles. The predicted molar refractivity (Wildman–Crippen MR) is 130 cm³/mol. The molecule has 2 aliphatic heterocycles. The number of rotatable bonds is 2. The van der Waals surface area contributed by atoms with Crippen LogP contribution in [0.1, 0.15) is 36.0 Å². The highest BCUT2D eigenvalue weighted by molar-refractivity contribution is 6.20. The third-order valence-electron chi connectivity index (χ3n) is 6.89. The summed E-state index contributed by atoms with van der Waals surface area (Å²) in [6.07, 6.45) is 7.12. The molecule has 2 heterocycles. The minimum atomic E-state index is -1.59. The number of nitrogens with two attached hydrogens (primary N) is 1. The Kier molecular flexibility index (Phi) is 4.84. The van der Waals surface area contributed by atoms with Gasteiger partial charge >= 0.3 is 0 Å². The lowest BCUT2D eigenvalue weighted by atomic mass is 9.63. The van der Waals surface area contributed by atoms with Gasteiger partial charge in [0.05, 0.1) is 12.1 Å². The maximum Gasteiger partial charge on any atom is 0.248 e. The number of hydrogen-bond acceptors (Lipinski definition) is 5. The lowest BCUT2D eigenvalue weighted by Gasteiger charge is -2.44. The number of ketones is 1. The van der Waals surface area contributed by atoms with Gasteiger partial charge in [0.25, 0.3) is 0 Å². The largest absolute Gasteiger partial charge is 0.384 e.